The Morgan fingerprint density at radius 3 is 2.62 bits per heavy atom. The van der Waals surface area contributed by atoms with Gasteiger partial charge in [-0.2, -0.15) is 0 Å². The van der Waals surface area contributed by atoms with E-state index in [9.17, 15) is 19.8 Å². The molecule has 2 N–H and O–H groups in total. The first-order valence-electron chi connectivity index (χ1n) is 12.6. The van der Waals surface area contributed by atoms with Gasteiger partial charge in [-0.1, -0.05) is 49.3 Å². The molecule has 2 unspecified atom stereocenters. The maximum atomic E-state index is 12.5. The fourth-order valence-corrected chi connectivity index (χ4v) is 4.27. The molecule has 37 heavy (non-hydrogen) atoms. The summed E-state index contributed by atoms with van der Waals surface area (Å²) in [6.45, 7) is 11.2. The smallest absolute Gasteiger partial charge is 0.378 e. The first kappa shape index (κ1) is 30.1. The molecule has 0 spiro atoms. The zero-order valence-corrected chi connectivity index (χ0v) is 22.7. The van der Waals surface area contributed by atoms with Gasteiger partial charge in [-0.3, -0.25) is 4.79 Å². The van der Waals surface area contributed by atoms with Crippen LogP contribution in [0.1, 0.15) is 60.8 Å². The third-order valence-corrected chi connectivity index (χ3v) is 6.20. The summed E-state index contributed by atoms with van der Waals surface area (Å²) in [6, 6.07) is 0. The van der Waals surface area contributed by atoms with Crippen molar-refractivity contribution in [2.75, 3.05) is 19.8 Å². The lowest BCUT2D eigenvalue weighted by atomic mass is 9.72. The molecule has 0 saturated carbocycles. The molecular formula is C29H40O8. The van der Waals surface area contributed by atoms with Crippen LogP contribution in [0.2, 0.25) is 0 Å². The molecule has 0 fully saturated rings. The van der Waals surface area contributed by atoms with Crippen molar-refractivity contribution >= 4 is 11.9 Å². The van der Waals surface area contributed by atoms with Crippen LogP contribution in [0, 0.1) is 5.41 Å². The monoisotopic (exact) mass is 516 g/mol. The lowest BCUT2D eigenvalue weighted by molar-refractivity contribution is -0.148. The summed E-state index contributed by atoms with van der Waals surface area (Å²) >= 11 is 0. The highest BCUT2D eigenvalue weighted by atomic mass is 16.6. The molecule has 0 radical (unpaired) electrons. The van der Waals surface area contributed by atoms with Gasteiger partial charge in [0, 0.05) is 6.92 Å². The van der Waals surface area contributed by atoms with Crippen LogP contribution in [0.4, 0.5) is 0 Å². The Morgan fingerprint density at radius 2 is 2.00 bits per heavy atom. The highest BCUT2D eigenvalue weighted by molar-refractivity contribution is 5.90. The van der Waals surface area contributed by atoms with Gasteiger partial charge in [0.25, 0.3) is 5.76 Å². The van der Waals surface area contributed by atoms with Crippen LogP contribution in [0.15, 0.2) is 70.5 Å². The number of allylic oxidation sites excluding steroid dienone is 8. The fraction of sp³-hybridized carbons (Fsp3) is 0.517. The number of aliphatic hydroxyl groups excluding tert-OH is 2. The number of hydrogen-bond acceptors (Lipinski definition) is 8. The van der Waals surface area contributed by atoms with E-state index in [4.69, 9.17) is 18.9 Å². The van der Waals surface area contributed by atoms with E-state index in [2.05, 4.69) is 32.9 Å². The van der Waals surface area contributed by atoms with Crippen molar-refractivity contribution in [1.82, 2.24) is 0 Å². The van der Waals surface area contributed by atoms with E-state index < -0.39 is 30.8 Å². The number of cyclic esters (lactones) is 1. The van der Waals surface area contributed by atoms with Crippen LogP contribution >= 0.6 is 0 Å². The number of carbonyl (C=O) groups excluding carboxylic acids is 2. The number of hydrogen-bond donors (Lipinski definition) is 2. The molecule has 0 amide bonds. The molecule has 1 aliphatic carbocycles. The molecule has 0 aromatic heterocycles. The second kappa shape index (κ2) is 14.0. The molecule has 8 heteroatoms. The predicted octanol–water partition coefficient (Wildman–Crippen LogP) is 4.56. The minimum Gasteiger partial charge on any atom is -0.490 e. The third-order valence-electron chi connectivity index (χ3n) is 6.20. The van der Waals surface area contributed by atoms with E-state index in [0.29, 0.717) is 0 Å². The minimum absolute atomic E-state index is 0.00534. The number of carbonyl (C=O) groups is 2. The first-order valence-corrected chi connectivity index (χ1v) is 12.6. The predicted molar refractivity (Wildman–Crippen MR) is 140 cm³/mol. The van der Waals surface area contributed by atoms with Crippen LogP contribution < -0.4 is 0 Å². The molecular weight excluding hydrogens is 476 g/mol. The minimum atomic E-state index is -1.36. The molecule has 204 valence electrons. The van der Waals surface area contributed by atoms with Crippen LogP contribution in [0.3, 0.4) is 0 Å². The normalized spacial score (nSPS) is 21.6. The molecule has 1 aliphatic heterocycles. The van der Waals surface area contributed by atoms with Crippen LogP contribution in [-0.4, -0.2) is 54.2 Å². The summed E-state index contributed by atoms with van der Waals surface area (Å²) in [4.78, 5) is 23.7. The number of aliphatic hydroxyl groups is 2. The van der Waals surface area contributed by atoms with Crippen molar-refractivity contribution in [1.29, 1.82) is 0 Å². The Labute approximate surface area is 219 Å². The maximum absolute atomic E-state index is 12.5. The molecule has 2 aliphatic rings. The van der Waals surface area contributed by atoms with Gasteiger partial charge in [0.05, 0.1) is 13.2 Å². The quantitative estimate of drug-likeness (QED) is 0.221. The van der Waals surface area contributed by atoms with Crippen molar-refractivity contribution in [3.63, 3.8) is 0 Å². The van der Waals surface area contributed by atoms with Crippen LogP contribution in [0.5, 0.6) is 0 Å². The summed E-state index contributed by atoms with van der Waals surface area (Å²) in [5, 5.41) is 19.3. The van der Waals surface area contributed by atoms with E-state index in [1.165, 1.54) is 37.0 Å². The molecule has 8 nitrogen and oxygen atoms in total. The van der Waals surface area contributed by atoms with E-state index in [0.717, 1.165) is 12.0 Å². The van der Waals surface area contributed by atoms with Gasteiger partial charge in [0.1, 0.15) is 18.5 Å². The molecule has 2 atom stereocenters. The van der Waals surface area contributed by atoms with Gasteiger partial charge < -0.3 is 29.2 Å². The van der Waals surface area contributed by atoms with Gasteiger partial charge in [0.2, 0.25) is 0 Å². The molecule has 2 rings (SSSR count). The van der Waals surface area contributed by atoms with Gasteiger partial charge in [-0.05, 0) is 63.2 Å². The molecule has 0 saturated heterocycles. The summed E-state index contributed by atoms with van der Waals surface area (Å²) in [5.41, 5.74) is 3.96. The van der Waals surface area contributed by atoms with Gasteiger partial charge in [-0.15, -0.1) is 0 Å². The summed E-state index contributed by atoms with van der Waals surface area (Å²) < 4.78 is 21.4. The second-order valence-corrected chi connectivity index (χ2v) is 9.75. The zero-order chi connectivity index (χ0) is 27.6. The van der Waals surface area contributed by atoms with E-state index in [1.54, 1.807) is 19.1 Å². The van der Waals surface area contributed by atoms with E-state index in [1.807, 2.05) is 13.0 Å². The standard InChI is InChI=1S/C29H40O8/c1-7-34-26-25(24(32)18-30)37-28(33)27(26)36-22(15-17-35-21(4)31)12-8-10-19(2)13-14-23-20(3)11-9-16-29(23,5)6/h8,10,12-15,24-25,30,32H,7,9,11,16-18H2,1-6H3/b12-8+,14-13+,19-10+,22-15-. The SMILES string of the molecule is CCOC1=C(OC(=C\COC(C)=O)/C=C/C=C(C)/C=C/C2=C(C)CCCC2(C)C)C(=O)OC1C(O)CO. The average molecular weight is 517 g/mol. The van der Waals surface area contributed by atoms with Crippen molar-refractivity contribution in [2.24, 2.45) is 5.41 Å². The molecule has 1 heterocycles. The Kier molecular flexibility index (Phi) is 11.4. The highest BCUT2D eigenvalue weighted by Crippen LogP contribution is 2.40. The Balaban J connectivity index is 2.27. The van der Waals surface area contributed by atoms with Crippen molar-refractivity contribution in [3.8, 4) is 0 Å². The van der Waals surface area contributed by atoms with Crippen LogP contribution in [0.25, 0.3) is 0 Å². The number of ether oxygens (including phenoxy) is 4. The lowest BCUT2D eigenvalue weighted by Gasteiger charge is -2.32. The largest absolute Gasteiger partial charge is 0.490 e. The summed E-state index contributed by atoms with van der Waals surface area (Å²) in [5.74, 6) is -1.32. The number of rotatable bonds is 12. The topological polar surface area (TPSA) is 112 Å². The fourth-order valence-electron chi connectivity index (χ4n) is 4.27. The van der Waals surface area contributed by atoms with Gasteiger partial charge >= 0.3 is 11.9 Å². The Hall–Kier alpha value is -3.10. The first-order chi connectivity index (χ1) is 17.5. The van der Waals surface area contributed by atoms with E-state index >= 15 is 0 Å². The van der Waals surface area contributed by atoms with Crippen LogP contribution in [-0.2, 0) is 28.5 Å². The lowest BCUT2D eigenvalue weighted by Crippen LogP contribution is -2.32. The molecule has 0 bridgehead atoms. The number of esters is 2. The zero-order valence-electron chi connectivity index (χ0n) is 22.7. The van der Waals surface area contributed by atoms with Crippen molar-refractivity contribution < 1.29 is 38.7 Å². The Morgan fingerprint density at radius 1 is 1.27 bits per heavy atom. The summed E-state index contributed by atoms with van der Waals surface area (Å²) in [6.07, 6.45) is 12.0. The third kappa shape index (κ3) is 8.76. The van der Waals surface area contributed by atoms with E-state index in [-0.39, 0.29) is 35.9 Å². The van der Waals surface area contributed by atoms with Crippen molar-refractivity contribution in [3.05, 3.63) is 70.5 Å². The second-order valence-electron chi connectivity index (χ2n) is 9.75. The molecule has 0 aromatic carbocycles. The van der Waals surface area contributed by atoms with Gasteiger partial charge in [0.15, 0.2) is 11.9 Å². The van der Waals surface area contributed by atoms with Gasteiger partial charge in [-0.25, -0.2) is 4.79 Å². The summed E-state index contributed by atoms with van der Waals surface area (Å²) in [7, 11) is 0. The maximum Gasteiger partial charge on any atom is 0.378 e. The van der Waals surface area contributed by atoms with Crippen molar-refractivity contribution in [2.45, 2.75) is 73.0 Å². The molecule has 0 aromatic rings. The Bertz CT molecular complexity index is 1020. The average Bonchev–Trinajstić information content (AvgIpc) is 3.12. The highest BCUT2D eigenvalue weighted by Gasteiger charge is 2.42.